The van der Waals surface area contributed by atoms with Crippen LogP contribution >= 0.6 is 27.5 Å². The van der Waals surface area contributed by atoms with E-state index in [1.807, 2.05) is 18.2 Å². The van der Waals surface area contributed by atoms with Crippen LogP contribution in [0.3, 0.4) is 0 Å². The first-order valence-electron chi connectivity index (χ1n) is 7.93. The zero-order valence-electron chi connectivity index (χ0n) is 13.0. The SMILES string of the molecule is Clc1cccc2c1CCN(CCNc1nc3cn[nH]c3cc1Br)C2. The minimum atomic E-state index is 0.838. The number of nitrogens with zero attached hydrogens (tertiary/aromatic N) is 3. The van der Waals surface area contributed by atoms with Crippen LogP contribution in [0.2, 0.25) is 5.02 Å². The molecule has 0 fully saturated rings. The van der Waals surface area contributed by atoms with Crippen molar-refractivity contribution in [2.75, 3.05) is 25.0 Å². The van der Waals surface area contributed by atoms with Gasteiger partial charge in [-0.05, 0) is 45.6 Å². The Hall–Kier alpha value is -1.63. The molecule has 7 heteroatoms. The first kappa shape index (κ1) is 15.9. The van der Waals surface area contributed by atoms with Crippen LogP contribution in [0.1, 0.15) is 11.1 Å². The van der Waals surface area contributed by atoms with Crippen LogP contribution in [-0.4, -0.2) is 39.7 Å². The molecule has 0 atom stereocenters. The third kappa shape index (κ3) is 3.14. The average molecular weight is 407 g/mol. The summed E-state index contributed by atoms with van der Waals surface area (Å²) in [6.07, 6.45) is 2.75. The fourth-order valence-electron chi connectivity index (χ4n) is 3.12. The molecule has 1 aromatic carbocycles. The molecule has 5 nitrogen and oxygen atoms in total. The molecular formula is C17H17BrClN5. The van der Waals surface area contributed by atoms with E-state index in [0.717, 1.165) is 58.9 Å². The molecule has 0 saturated heterocycles. The van der Waals surface area contributed by atoms with E-state index in [-0.39, 0.29) is 0 Å². The summed E-state index contributed by atoms with van der Waals surface area (Å²) >= 11 is 9.83. The van der Waals surface area contributed by atoms with Crippen LogP contribution < -0.4 is 5.32 Å². The predicted molar refractivity (Wildman–Crippen MR) is 101 cm³/mol. The third-order valence-corrected chi connectivity index (χ3v) is 5.34. The maximum Gasteiger partial charge on any atom is 0.141 e. The molecule has 124 valence electrons. The summed E-state index contributed by atoms with van der Waals surface area (Å²) in [5.41, 5.74) is 4.44. The van der Waals surface area contributed by atoms with E-state index in [0.29, 0.717) is 0 Å². The number of halogens is 2. The van der Waals surface area contributed by atoms with Crippen LogP contribution in [0.4, 0.5) is 5.82 Å². The number of aromatic amines is 1. The maximum atomic E-state index is 6.28. The number of H-pyrrole nitrogens is 1. The second-order valence-corrected chi connectivity index (χ2v) is 7.21. The second-order valence-electron chi connectivity index (χ2n) is 5.95. The van der Waals surface area contributed by atoms with E-state index >= 15 is 0 Å². The lowest BCUT2D eigenvalue weighted by Gasteiger charge is -2.29. The molecule has 24 heavy (non-hydrogen) atoms. The number of anilines is 1. The topological polar surface area (TPSA) is 56.8 Å². The van der Waals surface area contributed by atoms with Gasteiger partial charge in [0.1, 0.15) is 11.3 Å². The highest BCUT2D eigenvalue weighted by atomic mass is 79.9. The number of fused-ring (bicyclic) bond motifs is 2. The Morgan fingerprint density at radius 3 is 3.21 bits per heavy atom. The summed E-state index contributed by atoms with van der Waals surface area (Å²) in [5, 5.41) is 11.2. The van der Waals surface area contributed by atoms with E-state index in [1.54, 1.807) is 6.20 Å². The van der Waals surface area contributed by atoms with Crippen LogP contribution in [0, 0.1) is 0 Å². The lowest BCUT2D eigenvalue weighted by atomic mass is 10.00. The lowest BCUT2D eigenvalue weighted by molar-refractivity contribution is 0.264. The number of nitrogens with one attached hydrogen (secondary N) is 2. The van der Waals surface area contributed by atoms with Crippen molar-refractivity contribution in [1.82, 2.24) is 20.1 Å². The molecule has 0 amide bonds. The van der Waals surface area contributed by atoms with E-state index in [2.05, 4.69) is 47.4 Å². The first-order chi connectivity index (χ1) is 11.7. The van der Waals surface area contributed by atoms with Gasteiger partial charge in [-0.15, -0.1) is 0 Å². The van der Waals surface area contributed by atoms with Crippen LogP contribution in [0.5, 0.6) is 0 Å². The summed E-state index contributed by atoms with van der Waals surface area (Å²) in [5.74, 6) is 0.851. The summed E-state index contributed by atoms with van der Waals surface area (Å²) < 4.78 is 0.940. The van der Waals surface area contributed by atoms with Crippen molar-refractivity contribution in [3.8, 4) is 0 Å². The van der Waals surface area contributed by atoms with Crippen molar-refractivity contribution in [2.24, 2.45) is 0 Å². The van der Waals surface area contributed by atoms with Gasteiger partial charge in [0.05, 0.1) is 16.2 Å². The monoisotopic (exact) mass is 405 g/mol. The summed E-state index contributed by atoms with van der Waals surface area (Å²) in [4.78, 5) is 7.02. The van der Waals surface area contributed by atoms with Crippen molar-refractivity contribution in [1.29, 1.82) is 0 Å². The largest absolute Gasteiger partial charge is 0.368 e. The fraction of sp³-hybridized carbons (Fsp3) is 0.294. The number of hydrogen-bond donors (Lipinski definition) is 2. The first-order valence-corrected chi connectivity index (χ1v) is 9.10. The van der Waals surface area contributed by atoms with Gasteiger partial charge in [-0.2, -0.15) is 5.10 Å². The Bertz CT molecular complexity index is 879. The number of hydrogen-bond acceptors (Lipinski definition) is 4. The van der Waals surface area contributed by atoms with Gasteiger partial charge in [-0.3, -0.25) is 10.00 Å². The highest BCUT2D eigenvalue weighted by molar-refractivity contribution is 9.10. The standard InChI is InChI=1S/C17H17BrClN5/c18-13-8-15-16(9-21-23-15)22-17(13)20-5-7-24-6-4-12-11(10-24)2-1-3-14(12)19/h1-3,8-9H,4-7,10H2,(H,20,22)(H,21,23). The molecule has 2 N–H and O–H groups in total. The van der Waals surface area contributed by atoms with Crippen LogP contribution in [-0.2, 0) is 13.0 Å². The number of rotatable bonds is 4. The Morgan fingerprint density at radius 2 is 2.29 bits per heavy atom. The van der Waals surface area contributed by atoms with Crippen molar-refractivity contribution in [3.05, 3.63) is 51.1 Å². The molecule has 0 aliphatic carbocycles. The zero-order chi connectivity index (χ0) is 16.5. The van der Waals surface area contributed by atoms with Gasteiger partial charge < -0.3 is 5.32 Å². The van der Waals surface area contributed by atoms with Crippen molar-refractivity contribution < 1.29 is 0 Å². The van der Waals surface area contributed by atoms with Gasteiger partial charge in [0.2, 0.25) is 0 Å². The average Bonchev–Trinajstić information content (AvgIpc) is 3.02. The third-order valence-electron chi connectivity index (χ3n) is 4.39. The normalized spacial score (nSPS) is 14.8. The Morgan fingerprint density at radius 1 is 1.38 bits per heavy atom. The lowest BCUT2D eigenvalue weighted by Crippen LogP contribution is -2.34. The number of pyridine rings is 1. The Balaban J connectivity index is 1.38. The highest BCUT2D eigenvalue weighted by Crippen LogP contribution is 2.26. The maximum absolute atomic E-state index is 6.28. The van der Waals surface area contributed by atoms with Gasteiger partial charge in [0.25, 0.3) is 0 Å². The van der Waals surface area contributed by atoms with Gasteiger partial charge in [0.15, 0.2) is 0 Å². The van der Waals surface area contributed by atoms with Gasteiger partial charge in [-0.1, -0.05) is 23.7 Å². The van der Waals surface area contributed by atoms with Gasteiger partial charge >= 0.3 is 0 Å². The Labute approximate surface area is 153 Å². The van der Waals surface area contributed by atoms with E-state index in [4.69, 9.17) is 11.6 Å². The highest BCUT2D eigenvalue weighted by Gasteiger charge is 2.17. The molecule has 0 unspecified atom stereocenters. The molecular weight excluding hydrogens is 390 g/mol. The fourth-order valence-corrected chi connectivity index (χ4v) is 3.87. The van der Waals surface area contributed by atoms with Crippen molar-refractivity contribution >= 4 is 44.4 Å². The van der Waals surface area contributed by atoms with Crippen LogP contribution in [0.25, 0.3) is 11.0 Å². The van der Waals surface area contributed by atoms with Crippen LogP contribution in [0.15, 0.2) is 34.9 Å². The molecule has 1 aliphatic rings. The van der Waals surface area contributed by atoms with Crippen molar-refractivity contribution in [3.63, 3.8) is 0 Å². The minimum absolute atomic E-state index is 0.838. The van der Waals surface area contributed by atoms with E-state index < -0.39 is 0 Å². The quantitative estimate of drug-likeness (QED) is 0.691. The molecule has 2 aromatic heterocycles. The summed E-state index contributed by atoms with van der Waals surface area (Å²) in [6.45, 7) is 3.79. The summed E-state index contributed by atoms with van der Waals surface area (Å²) in [7, 11) is 0. The van der Waals surface area contributed by atoms with Gasteiger partial charge in [-0.25, -0.2) is 4.98 Å². The zero-order valence-corrected chi connectivity index (χ0v) is 15.4. The Kier molecular flexibility index (Phi) is 4.43. The minimum Gasteiger partial charge on any atom is -0.368 e. The molecule has 0 radical (unpaired) electrons. The number of aromatic nitrogens is 3. The molecule has 3 heterocycles. The molecule has 0 bridgehead atoms. The molecule has 1 aliphatic heterocycles. The van der Waals surface area contributed by atoms with Crippen molar-refractivity contribution in [2.45, 2.75) is 13.0 Å². The summed E-state index contributed by atoms with van der Waals surface area (Å²) in [6, 6.07) is 8.18. The number of benzene rings is 1. The molecule has 0 spiro atoms. The molecule has 3 aromatic rings. The molecule has 4 rings (SSSR count). The van der Waals surface area contributed by atoms with E-state index in [1.165, 1.54) is 11.1 Å². The van der Waals surface area contributed by atoms with E-state index in [9.17, 15) is 0 Å². The smallest absolute Gasteiger partial charge is 0.141 e. The molecule has 0 saturated carbocycles. The second kappa shape index (κ2) is 6.70. The predicted octanol–water partition coefficient (Wildman–Crippen LogP) is 3.84. The van der Waals surface area contributed by atoms with Gasteiger partial charge in [0, 0.05) is 31.2 Å².